The summed E-state index contributed by atoms with van der Waals surface area (Å²) < 4.78 is 10.4. The van der Waals surface area contributed by atoms with Crippen LogP contribution >= 0.6 is 23.1 Å². The predicted molar refractivity (Wildman–Crippen MR) is 85.4 cm³/mol. The third kappa shape index (κ3) is 2.98. The number of thiophene rings is 1. The van der Waals surface area contributed by atoms with E-state index in [9.17, 15) is 4.79 Å². The van der Waals surface area contributed by atoms with E-state index in [0.29, 0.717) is 28.2 Å². The van der Waals surface area contributed by atoms with Gasteiger partial charge in [-0.25, -0.2) is 4.79 Å². The maximum Gasteiger partial charge on any atom is 0.350 e. The second kappa shape index (κ2) is 6.58. The second-order valence-corrected chi connectivity index (χ2v) is 7.08. The number of thioether (sulfide) groups is 1. The molecule has 2 N–H and O–H groups in total. The fourth-order valence-electron chi connectivity index (χ4n) is 2.17. The summed E-state index contributed by atoms with van der Waals surface area (Å²) in [6, 6.07) is 0. The molecule has 1 aromatic heterocycles. The first-order chi connectivity index (χ1) is 9.58. The van der Waals surface area contributed by atoms with E-state index in [1.54, 1.807) is 14.0 Å². The summed E-state index contributed by atoms with van der Waals surface area (Å²) in [6.07, 6.45) is 0. The zero-order chi connectivity index (χ0) is 14.7. The summed E-state index contributed by atoms with van der Waals surface area (Å²) in [4.78, 5) is 14.6. The summed E-state index contributed by atoms with van der Waals surface area (Å²) in [7, 11) is 1.58. The second-order valence-electron chi connectivity index (χ2n) is 4.53. The molecule has 20 heavy (non-hydrogen) atoms. The van der Waals surface area contributed by atoms with Crippen LogP contribution in [-0.4, -0.2) is 43.8 Å². The van der Waals surface area contributed by atoms with Gasteiger partial charge in [0.2, 0.25) is 0 Å². The molecule has 112 valence electrons. The molecule has 5 nitrogen and oxygen atoms in total. The normalized spacial score (nSPS) is 18.9. The van der Waals surface area contributed by atoms with Gasteiger partial charge in [-0.2, -0.15) is 11.8 Å². The molecule has 0 bridgehead atoms. The molecule has 0 aromatic carbocycles. The van der Waals surface area contributed by atoms with E-state index in [1.807, 2.05) is 11.8 Å². The highest BCUT2D eigenvalue weighted by Crippen LogP contribution is 2.46. The van der Waals surface area contributed by atoms with Gasteiger partial charge in [0.15, 0.2) is 5.75 Å². The highest BCUT2D eigenvalue weighted by Gasteiger charge is 2.28. The van der Waals surface area contributed by atoms with Crippen LogP contribution in [-0.2, 0) is 4.74 Å². The van der Waals surface area contributed by atoms with Gasteiger partial charge in [-0.1, -0.05) is 6.92 Å². The monoisotopic (exact) mass is 316 g/mol. The first kappa shape index (κ1) is 15.3. The predicted octanol–water partition coefficient (Wildman–Crippen LogP) is 2.46. The van der Waals surface area contributed by atoms with Crippen LogP contribution in [0.3, 0.4) is 0 Å². The first-order valence-corrected chi connectivity index (χ1v) is 8.44. The van der Waals surface area contributed by atoms with Crippen molar-refractivity contribution in [3.63, 3.8) is 0 Å². The van der Waals surface area contributed by atoms with Crippen molar-refractivity contribution < 1.29 is 14.3 Å². The molecule has 1 saturated heterocycles. The van der Waals surface area contributed by atoms with E-state index >= 15 is 0 Å². The zero-order valence-electron chi connectivity index (χ0n) is 12.0. The molecule has 0 saturated carbocycles. The van der Waals surface area contributed by atoms with Crippen molar-refractivity contribution >= 4 is 39.8 Å². The van der Waals surface area contributed by atoms with E-state index in [2.05, 4.69) is 11.8 Å². The van der Waals surface area contributed by atoms with E-state index < -0.39 is 0 Å². The van der Waals surface area contributed by atoms with Crippen molar-refractivity contribution in [3.8, 4) is 5.75 Å². The van der Waals surface area contributed by atoms with Gasteiger partial charge in [0.25, 0.3) is 0 Å². The van der Waals surface area contributed by atoms with Gasteiger partial charge in [0, 0.05) is 24.1 Å². The Labute approximate surface area is 127 Å². The van der Waals surface area contributed by atoms with Gasteiger partial charge >= 0.3 is 5.97 Å². The number of anilines is 2. The fraction of sp³-hybridized carbons (Fsp3) is 0.615. The van der Waals surface area contributed by atoms with Gasteiger partial charge in [-0.15, -0.1) is 11.3 Å². The van der Waals surface area contributed by atoms with Gasteiger partial charge in [0.05, 0.1) is 13.7 Å². The summed E-state index contributed by atoms with van der Waals surface area (Å²) in [5, 5.41) is 1.49. The van der Waals surface area contributed by atoms with Crippen molar-refractivity contribution in [1.29, 1.82) is 0 Å². The van der Waals surface area contributed by atoms with Gasteiger partial charge < -0.3 is 20.1 Å². The molecule has 7 heteroatoms. The van der Waals surface area contributed by atoms with Crippen LogP contribution in [0.15, 0.2) is 0 Å². The van der Waals surface area contributed by atoms with E-state index in [4.69, 9.17) is 15.2 Å². The average molecular weight is 316 g/mol. The Morgan fingerprint density at radius 3 is 2.90 bits per heavy atom. The molecular formula is C13H20N2O3S2. The number of ether oxygens (including phenoxy) is 2. The van der Waals surface area contributed by atoms with Gasteiger partial charge in [-0.05, 0) is 6.92 Å². The molecule has 1 atom stereocenters. The lowest BCUT2D eigenvalue weighted by molar-refractivity contribution is 0.0533. The maximum absolute atomic E-state index is 11.9. The lowest BCUT2D eigenvalue weighted by atomic mass is 10.3. The van der Waals surface area contributed by atoms with Gasteiger partial charge in [-0.3, -0.25) is 0 Å². The Morgan fingerprint density at radius 1 is 1.55 bits per heavy atom. The number of carbonyl (C=O) groups excluding carboxylic acids is 1. The molecule has 0 aliphatic carbocycles. The van der Waals surface area contributed by atoms with Crippen LogP contribution in [0.5, 0.6) is 5.75 Å². The molecule has 1 unspecified atom stereocenters. The Hall–Kier alpha value is -1.08. The van der Waals surface area contributed by atoms with E-state index in [1.165, 1.54) is 11.3 Å². The highest BCUT2D eigenvalue weighted by molar-refractivity contribution is 8.00. The van der Waals surface area contributed by atoms with Crippen molar-refractivity contribution in [1.82, 2.24) is 0 Å². The van der Waals surface area contributed by atoms with Crippen molar-refractivity contribution in [2.24, 2.45) is 0 Å². The third-order valence-corrected chi connectivity index (χ3v) is 5.44. The van der Waals surface area contributed by atoms with Crippen molar-refractivity contribution in [2.75, 3.05) is 43.2 Å². The number of carbonyl (C=O) groups is 1. The molecule has 1 aliphatic rings. The minimum absolute atomic E-state index is 0.339. The number of hydrogen-bond acceptors (Lipinski definition) is 7. The molecule has 0 spiro atoms. The number of nitrogens with two attached hydrogens (primary N) is 1. The Kier molecular flexibility index (Phi) is 5.04. The fourth-order valence-corrected chi connectivity index (χ4v) is 4.31. The Morgan fingerprint density at radius 2 is 2.30 bits per heavy atom. The molecule has 0 radical (unpaired) electrons. The summed E-state index contributed by atoms with van der Waals surface area (Å²) in [5.74, 6) is 1.28. The van der Waals surface area contributed by atoms with E-state index in [0.717, 1.165) is 23.8 Å². The van der Waals surface area contributed by atoms with E-state index in [-0.39, 0.29) is 5.97 Å². The molecule has 1 fully saturated rings. The highest BCUT2D eigenvalue weighted by atomic mass is 32.2. The molecule has 2 heterocycles. The van der Waals surface area contributed by atoms with Crippen LogP contribution < -0.4 is 15.4 Å². The minimum atomic E-state index is -0.376. The average Bonchev–Trinajstić information content (AvgIpc) is 2.76. The number of esters is 1. The maximum atomic E-state index is 11.9. The number of rotatable bonds is 4. The Balaban J connectivity index is 2.32. The van der Waals surface area contributed by atoms with Crippen LogP contribution in [0.1, 0.15) is 23.5 Å². The lowest BCUT2D eigenvalue weighted by Gasteiger charge is -2.31. The molecular weight excluding hydrogens is 296 g/mol. The third-order valence-electron chi connectivity index (χ3n) is 3.08. The molecule has 1 aromatic rings. The lowest BCUT2D eigenvalue weighted by Crippen LogP contribution is -2.36. The minimum Gasteiger partial charge on any atom is -0.492 e. The molecule has 1 aliphatic heterocycles. The number of nitrogen functional groups attached to an aromatic ring is 1. The van der Waals surface area contributed by atoms with Crippen LogP contribution in [0, 0.1) is 0 Å². The quantitative estimate of drug-likeness (QED) is 0.861. The summed E-state index contributed by atoms with van der Waals surface area (Å²) in [6.45, 7) is 6.19. The number of nitrogens with zero attached hydrogens (tertiary/aromatic N) is 1. The zero-order valence-corrected chi connectivity index (χ0v) is 13.6. The van der Waals surface area contributed by atoms with Gasteiger partial charge in [0.1, 0.15) is 15.6 Å². The standard InChI is InChI=1S/C13H20N2O3S2/c1-4-18-13(16)11-9(14)10(17-3)12(20-11)15-5-6-19-8(2)7-15/h8H,4-7,14H2,1-3H3. The number of hydrogen-bond donors (Lipinski definition) is 1. The summed E-state index contributed by atoms with van der Waals surface area (Å²) in [5.41, 5.74) is 6.43. The number of methoxy groups -OCH3 is 1. The van der Waals surface area contributed by atoms with Crippen molar-refractivity contribution in [2.45, 2.75) is 19.1 Å². The smallest absolute Gasteiger partial charge is 0.350 e. The van der Waals surface area contributed by atoms with Crippen LogP contribution in [0.25, 0.3) is 0 Å². The summed E-state index contributed by atoms with van der Waals surface area (Å²) >= 11 is 3.31. The largest absolute Gasteiger partial charge is 0.492 e. The van der Waals surface area contributed by atoms with Crippen molar-refractivity contribution in [3.05, 3.63) is 4.88 Å². The molecule has 0 amide bonds. The van der Waals surface area contributed by atoms with Crippen LogP contribution in [0.2, 0.25) is 0 Å². The topological polar surface area (TPSA) is 64.8 Å². The SMILES string of the molecule is CCOC(=O)c1sc(N2CCSC(C)C2)c(OC)c1N. The molecule has 2 rings (SSSR count). The Bertz CT molecular complexity index is 490. The van der Waals surface area contributed by atoms with Crippen LogP contribution in [0.4, 0.5) is 10.7 Å². The first-order valence-electron chi connectivity index (χ1n) is 6.58.